The molecule has 0 aliphatic heterocycles. The van der Waals surface area contributed by atoms with E-state index >= 15 is 0 Å². The molecule has 2 aromatic heterocycles. The van der Waals surface area contributed by atoms with E-state index < -0.39 is 0 Å². The quantitative estimate of drug-likeness (QED) is 0.406. The Morgan fingerprint density at radius 3 is 2.52 bits per heavy atom. The molecule has 1 unspecified atom stereocenters. The van der Waals surface area contributed by atoms with E-state index in [9.17, 15) is 4.79 Å². The van der Waals surface area contributed by atoms with Crippen molar-refractivity contribution < 1.29 is 4.79 Å². The summed E-state index contributed by atoms with van der Waals surface area (Å²) in [6.07, 6.45) is 3.74. The maximum Gasteiger partial charge on any atom is 0.231 e. The van der Waals surface area contributed by atoms with Gasteiger partial charge in [0.15, 0.2) is 10.8 Å². The molecule has 6 nitrogen and oxygen atoms in total. The molecule has 130 valence electrons. The predicted octanol–water partition coefficient (Wildman–Crippen LogP) is 3.14. The Morgan fingerprint density at radius 1 is 1.20 bits per heavy atom. The molecule has 0 radical (unpaired) electrons. The average Bonchev–Trinajstić information content (AvgIpc) is 3.03. The highest BCUT2D eigenvalue weighted by Crippen LogP contribution is 2.31. The number of carbonyl (C=O) groups excluding carboxylic acids is 1. The lowest BCUT2D eigenvalue weighted by Crippen LogP contribution is -2.30. The van der Waals surface area contributed by atoms with Gasteiger partial charge in [-0.2, -0.15) is 5.10 Å². The fraction of sp³-hybridized carbons (Fsp3) is 0.294. The molecule has 2 N–H and O–H groups in total. The summed E-state index contributed by atoms with van der Waals surface area (Å²) in [5, 5.41) is 6.35. The van der Waals surface area contributed by atoms with Crippen LogP contribution in [0.3, 0.4) is 0 Å². The summed E-state index contributed by atoms with van der Waals surface area (Å²) in [7, 11) is 0. The summed E-state index contributed by atoms with van der Waals surface area (Å²) in [5.41, 5.74) is 7.18. The molecule has 8 heteroatoms. The Kier molecular flexibility index (Phi) is 5.29. The Hall–Kier alpha value is -2.06. The number of carbonyl (C=O) groups is 1. The SMILES string of the molecule is CSc1nc(SC(C(N)=O)C(C)C)nc2c1cnn2-c1ccccc1. The summed E-state index contributed by atoms with van der Waals surface area (Å²) >= 11 is 2.84. The summed E-state index contributed by atoms with van der Waals surface area (Å²) in [6, 6.07) is 9.81. The molecule has 2 heterocycles. The first-order chi connectivity index (χ1) is 12.0. The zero-order chi connectivity index (χ0) is 18.0. The van der Waals surface area contributed by atoms with Crippen LogP contribution in [-0.4, -0.2) is 37.2 Å². The lowest BCUT2D eigenvalue weighted by Gasteiger charge is -2.16. The zero-order valence-corrected chi connectivity index (χ0v) is 15.8. The summed E-state index contributed by atoms with van der Waals surface area (Å²) in [4.78, 5) is 21.0. The molecule has 0 spiro atoms. The van der Waals surface area contributed by atoms with Crippen molar-refractivity contribution in [1.29, 1.82) is 0 Å². The normalized spacial score (nSPS) is 12.6. The van der Waals surface area contributed by atoms with Crippen molar-refractivity contribution in [2.75, 3.05) is 6.26 Å². The van der Waals surface area contributed by atoms with Crippen molar-refractivity contribution in [2.24, 2.45) is 11.7 Å². The van der Waals surface area contributed by atoms with Gasteiger partial charge in [-0.05, 0) is 24.3 Å². The summed E-state index contributed by atoms with van der Waals surface area (Å²) in [6.45, 7) is 3.93. The van der Waals surface area contributed by atoms with Crippen LogP contribution >= 0.6 is 23.5 Å². The third kappa shape index (κ3) is 3.64. The molecule has 1 aromatic carbocycles. The van der Waals surface area contributed by atoms with E-state index in [1.54, 1.807) is 10.9 Å². The molecule has 0 aliphatic rings. The van der Waals surface area contributed by atoms with E-state index in [1.165, 1.54) is 23.5 Å². The van der Waals surface area contributed by atoms with Gasteiger partial charge in [-0.1, -0.05) is 43.8 Å². The molecule has 3 aromatic rings. The van der Waals surface area contributed by atoms with E-state index in [0.717, 1.165) is 21.7 Å². The molecule has 0 saturated heterocycles. The highest BCUT2D eigenvalue weighted by Gasteiger charge is 2.23. The van der Waals surface area contributed by atoms with E-state index in [0.29, 0.717) is 5.16 Å². The maximum atomic E-state index is 11.7. The number of benzene rings is 1. The number of amides is 1. The molecular formula is C17H19N5OS2. The summed E-state index contributed by atoms with van der Waals surface area (Å²) in [5.74, 6) is -0.260. The molecule has 25 heavy (non-hydrogen) atoms. The lowest BCUT2D eigenvalue weighted by atomic mass is 10.1. The largest absolute Gasteiger partial charge is 0.369 e. The molecule has 1 atom stereocenters. The van der Waals surface area contributed by atoms with E-state index in [4.69, 9.17) is 5.73 Å². The minimum Gasteiger partial charge on any atom is -0.369 e. The number of hydrogen-bond donors (Lipinski definition) is 1. The molecule has 0 aliphatic carbocycles. The Bertz CT molecular complexity index is 895. The number of para-hydroxylation sites is 1. The Balaban J connectivity index is 2.10. The second-order valence-electron chi connectivity index (χ2n) is 5.83. The number of nitrogens with two attached hydrogens (primary N) is 1. The van der Waals surface area contributed by atoms with Gasteiger partial charge in [0.2, 0.25) is 5.91 Å². The Labute approximate surface area is 154 Å². The first-order valence-corrected chi connectivity index (χ1v) is 9.93. The molecular weight excluding hydrogens is 354 g/mol. The number of thioether (sulfide) groups is 2. The van der Waals surface area contributed by atoms with Crippen LogP contribution in [0.15, 0.2) is 46.7 Å². The second kappa shape index (κ2) is 7.45. The van der Waals surface area contributed by atoms with Gasteiger partial charge in [-0.3, -0.25) is 4.79 Å². The van der Waals surface area contributed by atoms with Crippen molar-refractivity contribution >= 4 is 40.5 Å². The number of primary amides is 1. The number of rotatable bonds is 6. The van der Waals surface area contributed by atoms with E-state index in [1.807, 2.05) is 50.4 Å². The number of fused-ring (bicyclic) bond motifs is 1. The van der Waals surface area contributed by atoms with Crippen LogP contribution in [0.4, 0.5) is 0 Å². The van der Waals surface area contributed by atoms with Crippen LogP contribution < -0.4 is 5.73 Å². The van der Waals surface area contributed by atoms with Gasteiger partial charge in [-0.15, -0.1) is 11.8 Å². The third-order valence-corrected chi connectivity index (χ3v) is 5.81. The Morgan fingerprint density at radius 2 is 1.92 bits per heavy atom. The highest BCUT2D eigenvalue weighted by molar-refractivity contribution is 8.00. The van der Waals surface area contributed by atoms with Gasteiger partial charge in [0, 0.05) is 0 Å². The third-order valence-electron chi connectivity index (χ3n) is 3.69. The number of hydrogen-bond acceptors (Lipinski definition) is 6. The van der Waals surface area contributed by atoms with Crippen molar-refractivity contribution in [1.82, 2.24) is 19.7 Å². The first kappa shape index (κ1) is 17.8. The minimum atomic E-state index is -0.375. The van der Waals surface area contributed by atoms with Gasteiger partial charge in [0.25, 0.3) is 0 Å². The van der Waals surface area contributed by atoms with Crippen LogP contribution in [0.5, 0.6) is 0 Å². The van der Waals surface area contributed by atoms with Crippen LogP contribution in [-0.2, 0) is 4.79 Å². The summed E-state index contributed by atoms with van der Waals surface area (Å²) < 4.78 is 1.79. The molecule has 3 rings (SSSR count). The fourth-order valence-electron chi connectivity index (χ4n) is 2.47. The number of nitrogens with zero attached hydrogens (tertiary/aromatic N) is 4. The monoisotopic (exact) mass is 373 g/mol. The lowest BCUT2D eigenvalue weighted by molar-refractivity contribution is -0.118. The van der Waals surface area contributed by atoms with Gasteiger partial charge >= 0.3 is 0 Å². The zero-order valence-electron chi connectivity index (χ0n) is 14.2. The molecule has 0 saturated carbocycles. The van der Waals surface area contributed by atoms with E-state index in [-0.39, 0.29) is 17.1 Å². The van der Waals surface area contributed by atoms with Gasteiger partial charge in [0.1, 0.15) is 5.03 Å². The topological polar surface area (TPSA) is 86.7 Å². The van der Waals surface area contributed by atoms with E-state index in [2.05, 4.69) is 15.1 Å². The van der Waals surface area contributed by atoms with Crippen molar-refractivity contribution in [3.63, 3.8) is 0 Å². The van der Waals surface area contributed by atoms with Crippen LogP contribution in [0, 0.1) is 5.92 Å². The van der Waals surface area contributed by atoms with Gasteiger partial charge in [0.05, 0.1) is 22.5 Å². The smallest absolute Gasteiger partial charge is 0.231 e. The standard InChI is InChI=1S/C17H19N5OS2/c1-10(2)13(14(18)23)25-17-20-15-12(16(21-17)24-3)9-19-22(15)11-7-5-4-6-8-11/h4-10,13H,1-3H3,(H2,18,23). The molecule has 0 fully saturated rings. The van der Waals surface area contributed by atoms with Crippen LogP contribution in [0.2, 0.25) is 0 Å². The van der Waals surface area contributed by atoms with Crippen LogP contribution in [0.1, 0.15) is 13.8 Å². The predicted molar refractivity (Wildman–Crippen MR) is 102 cm³/mol. The highest BCUT2D eigenvalue weighted by atomic mass is 32.2. The van der Waals surface area contributed by atoms with Crippen molar-refractivity contribution in [3.8, 4) is 5.69 Å². The first-order valence-electron chi connectivity index (χ1n) is 7.82. The maximum absolute atomic E-state index is 11.7. The van der Waals surface area contributed by atoms with Crippen LogP contribution in [0.25, 0.3) is 16.7 Å². The van der Waals surface area contributed by atoms with Crippen molar-refractivity contribution in [2.45, 2.75) is 29.3 Å². The van der Waals surface area contributed by atoms with Crippen molar-refractivity contribution in [3.05, 3.63) is 36.5 Å². The van der Waals surface area contributed by atoms with Gasteiger partial charge < -0.3 is 5.73 Å². The minimum absolute atomic E-state index is 0.0959. The molecule has 1 amide bonds. The average molecular weight is 374 g/mol. The second-order valence-corrected chi connectivity index (χ2v) is 7.73. The van der Waals surface area contributed by atoms with Gasteiger partial charge in [-0.25, -0.2) is 14.6 Å². The molecule has 0 bridgehead atoms. The number of aromatic nitrogens is 4. The fourth-order valence-corrected chi connectivity index (χ4v) is 3.96.